The molecule has 3 nitrogen and oxygen atoms in total. The first-order valence-electron chi connectivity index (χ1n) is 5.71. The van der Waals surface area contributed by atoms with E-state index in [0.29, 0.717) is 17.8 Å². The molecule has 0 bridgehead atoms. The molecule has 1 aromatic heterocycles. The molecule has 0 spiro atoms. The lowest BCUT2D eigenvalue weighted by Gasteiger charge is -1.99. The van der Waals surface area contributed by atoms with Gasteiger partial charge in [-0.15, -0.1) is 11.3 Å². The maximum absolute atomic E-state index is 12.8. The Morgan fingerprint density at radius 2 is 2.00 bits per heavy atom. The third-order valence-corrected chi connectivity index (χ3v) is 3.61. The lowest BCUT2D eigenvalue weighted by Crippen LogP contribution is -2.23. The fourth-order valence-corrected chi connectivity index (χ4v) is 2.48. The number of carbonyl (C=O) groups excluding carboxylic acids is 1. The molecule has 1 aromatic carbocycles. The van der Waals surface area contributed by atoms with Crippen molar-refractivity contribution in [3.8, 4) is 16.5 Å². The van der Waals surface area contributed by atoms with Crippen LogP contribution < -0.4 is 5.32 Å². The van der Waals surface area contributed by atoms with Crippen LogP contribution >= 0.6 is 11.3 Å². The number of benzene rings is 1. The third kappa shape index (κ3) is 3.39. The minimum atomic E-state index is -0.283. The van der Waals surface area contributed by atoms with Gasteiger partial charge in [0.05, 0.1) is 17.4 Å². The Balaban J connectivity index is 2.08. The summed E-state index contributed by atoms with van der Waals surface area (Å²) in [4.78, 5) is 13.2. The SMILES string of the molecule is N#CCCNC(=O)c1ccc(-c2ccc(F)cc2)s1. The largest absolute Gasteiger partial charge is 0.350 e. The van der Waals surface area contributed by atoms with Crippen molar-refractivity contribution < 1.29 is 9.18 Å². The molecule has 2 aromatic rings. The standard InChI is InChI=1S/C14H11FN2OS/c15-11-4-2-10(3-5-11)12-6-7-13(19-12)14(18)17-9-1-8-16/h2-7H,1,9H2,(H,17,18). The molecule has 1 heterocycles. The minimum Gasteiger partial charge on any atom is -0.350 e. The van der Waals surface area contributed by atoms with E-state index >= 15 is 0 Å². The maximum atomic E-state index is 12.8. The molecule has 96 valence electrons. The highest BCUT2D eigenvalue weighted by Crippen LogP contribution is 2.28. The fraction of sp³-hybridized carbons (Fsp3) is 0.143. The lowest BCUT2D eigenvalue weighted by molar-refractivity contribution is 0.0958. The lowest BCUT2D eigenvalue weighted by atomic mass is 10.2. The van der Waals surface area contributed by atoms with Crippen molar-refractivity contribution in [2.24, 2.45) is 0 Å². The van der Waals surface area contributed by atoms with E-state index in [0.717, 1.165) is 10.4 Å². The average Bonchev–Trinajstić information content (AvgIpc) is 2.89. The summed E-state index contributed by atoms with van der Waals surface area (Å²) in [6, 6.07) is 11.7. The van der Waals surface area contributed by atoms with E-state index in [1.807, 2.05) is 12.1 Å². The molecular weight excluding hydrogens is 263 g/mol. The van der Waals surface area contributed by atoms with Crippen LogP contribution in [0.1, 0.15) is 16.1 Å². The Bertz CT molecular complexity index is 613. The first-order chi connectivity index (χ1) is 9.20. The predicted octanol–water partition coefficient (Wildman–Crippen LogP) is 3.20. The van der Waals surface area contributed by atoms with Gasteiger partial charge in [-0.2, -0.15) is 5.26 Å². The van der Waals surface area contributed by atoms with Crippen LogP contribution in [0, 0.1) is 17.1 Å². The van der Waals surface area contributed by atoms with Crippen molar-refractivity contribution in [3.05, 3.63) is 47.1 Å². The van der Waals surface area contributed by atoms with Crippen LogP contribution in [-0.4, -0.2) is 12.5 Å². The Kier molecular flexibility index (Phi) is 4.26. The minimum absolute atomic E-state index is 0.186. The molecule has 1 amide bonds. The zero-order valence-corrected chi connectivity index (χ0v) is 10.8. The number of thiophene rings is 1. The Hall–Kier alpha value is -2.19. The van der Waals surface area contributed by atoms with Crippen molar-refractivity contribution in [3.63, 3.8) is 0 Å². The van der Waals surface area contributed by atoms with Gasteiger partial charge in [0.25, 0.3) is 5.91 Å². The summed E-state index contributed by atoms with van der Waals surface area (Å²) in [6.07, 6.45) is 0.294. The van der Waals surface area contributed by atoms with E-state index < -0.39 is 0 Å². The normalized spacial score (nSPS) is 9.89. The number of nitriles is 1. The van der Waals surface area contributed by atoms with Crippen LogP contribution in [0.5, 0.6) is 0 Å². The molecule has 1 N–H and O–H groups in total. The smallest absolute Gasteiger partial charge is 0.261 e. The van der Waals surface area contributed by atoms with E-state index in [4.69, 9.17) is 5.26 Å². The second-order valence-electron chi connectivity index (χ2n) is 3.83. The molecule has 0 fully saturated rings. The second-order valence-corrected chi connectivity index (χ2v) is 4.92. The van der Waals surface area contributed by atoms with Crippen molar-refractivity contribution >= 4 is 17.2 Å². The highest BCUT2D eigenvalue weighted by Gasteiger charge is 2.09. The zero-order chi connectivity index (χ0) is 13.7. The highest BCUT2D eigenvalue weighted by atomic mass is 32.1. The molecule has 0 radical (unpaired) electrons. The van der Waals surface area contributed by atoms with E-state index in [9.17, 15) is 9.18 Å². The van der Waals surface area contributed by atoms with Crippen molar-refractivity contribution in [1.29, 1.82) is 5.26 Å². The molecule has 0 aliphatic heterocycles. The van der Waals surface area contributed by atoms with Gasteiger partial charge in [0.15, 0.2) is 0 Å². The summed E-state index contributed by atoms with van der Waals surface area (Å²) >= 11 is 1.34. The number of hydrogen-bond donors (Lipinski definition) is 1. The van der Waals surface area contributed by atoms with Crippen LogP contribution in [0.2, 0.25) is 0 Å². The molecular formula is C14H11FN2OS. The van der Waals surface area contributed by atoms with Crippen LogP contribution in [-0.2, 0) is 0 Å². The van der Waals surface area contributed by atoms with Gasteiger partial charge in [0.2, 0.25) is 0 Å². The van der Waals surface area contributed by atoms with Crippen molar-refractivity contribution in [2.75, 3.05) is 6.54 Å². The summed E-state index contributed by atoms with van der Waals surface area (Å²) in [5, 5.41) is 11.1. The fourth-order valence-electron chi connectivity index (χ4n) is 1.55. The highest BCUT2D eigenvalue weighted by molar-refractivity contribution is 7.17. The van der Waals surface area contributed by atoms with Crippen LogP contribution in [0.25, 0.3) is 10.4 Å². The monoisotopic (exact) mass is 274 g/mol. The van der Waals surface area contributed by atoms with Crippen LogP contribution in [0.4, 0.5) is 4.39 Å². The Labute approximate surface area is 114 Å². The molecule has 2 rings (SSSR count). The van der Waals surface area contributed by atoms with E-state index in [2.05, 4.69) is 5.32 Å². The van der Waals surface area contributed by atoms with Crippen LogP contribution in [0.15, 0.2) is 36.4 Å². The molecule has 5 heteroatoms. The van der Waals surface area contributed by atoms with E-state index in [1.54, 1.807) is 18.2 Å². The summed E-state index contributed by atoms with van der Waals surface area (Å²) < 4.78 is 12.8. The topological polar surface area (TPSA) is 52.9 Å². The summed E-state index contributed by atoms with van der Waals surface area (Å²) in [5.41, 5.74) is 0.877. The molecule has 0 atom stereocenters. The van der Waals surface area contributed by atoms with Crippen molar-refractivity contribution in [2.45, 2.75) is 6.42 Å². The Morgan fingerprint density at radius 3 is 2.68 bits per heavy atom. The maximum Gasteiger partial charge on any atom is 0.261 e. The van der Waals surface area contributed by atoms with E-state index in [1.165, 1.54) is 23.5 Å². The molecule has 0 unspecified atom stereocenters. The first kappa shape index (κ1) is 13.2. The summed E-state index contributed by atoms with van der Waals surface area (Å²) in [6.45, 7) is 0.346. The third-order valence-electron chi connectivity index (χ3n) is 2.48. The van der Waals surface area contributed by atoms with Gasteiger partial charge in [-0.1, -0.05) is 12.1 Å². The second kappa shape index (κ2) is 6.12. The van der Waals surface area contributed by atoms with Gasteiger partial charge >= 0.3 is 0 Å². The number of carbonyl (C=O) groups is 1. The number of amides is 1. The molecule has 0 aliphatic carbocycles. The number of hydrogen-bond acceptors (Lipinski definition) is 3. The summed E-state index contributed by atoms with van der Waals surface area (Å²) in [5.74, 6) is -0.469. The average molecular weight is 274 g/mol. The van der Waals surface area contributed by atoms with Crippen LogP contribution in [0.3, 0.4) is 0 Å². The van der Waals surface area contributed by atoms with Gasteiger partial charge in [0.1, 0.15) is 5.82 Å². The van der Waals surface area contributed by atoms with Gasteiger partial charge in [-0.05, 0) is 29.8 Å². The van der Waals surface area contributed by atoms with Crippen molar-refractivity contribution in [1.82, 2.24) is 5.32 Å². The molecule has 19 heavy (non-hydrogen) atoms. The van der Waals surface area contributed by atoms with Gasteiger partial charge in [0, 0.05) is 11.4 Å². The van der Waals surface area contributed by atoms with Gasteiger partial charge in [-0.3, -0.25) is 4.79 Å². The first-order valence-corrected chi connectivity index (χ1v) is 6.53. The van der Waals surface area contributed by atoms with Gasteiger partial charge in [-0.25, -0.2) is 4.39 Å². The van der Waals surface area contributed by atoms with E-state index in [-0.39, 0.29) is 11.7 Å². The summed E-state index contributed by atoms with van der Waals surface area (Å²) in [7, 11) is 0. The molecule has 0 saturated carbocycles. The molecule has 0 aliphatic rings. The van der Waals surface area contributed by atoms with Gasteiger partial charge < -0.3 is 5.32 Å². The number of halogens is 1. The number of nitrogens with zero attached hydrogens (tertiary/aromatic N) is 1. The quantitative estimate of drug-likeness (QED) is 0.870. The zero-order valence-electron chi connectivity index (χ0n) is 10.0. The number of rotatable bonds is 4. The Morgan fingerprint density at radius 1 is 1.26 bits per heavy atom. The predicted molar refractivity (Wildman–Crippen MR) is 72.3 cm³/mol. The molecule has 0 saturated heterocycles. The number of nitrogens with one attached hydrogen (secondary N) is 1.